The Morgan fingerprint density at radius 3 is 2.24 bits per heavy atom. The molecule has 1 aliphatic carbocycles. The molecule has 120 valence electrons. The van der Waals surface area contributed by atoms with Crippen LogP contribution in [0.3, 0.4) is 0 Å². The quantitative estimate of drug-likeness (QED) is 0.589. The Balaban J connectivity index is 3.18. The average Bonchev–Trinajstić information content (AvgIpc) is 2.57. The van der Waals surface area contributed by atoms with Crippen molar-refractivity contribution < 1.29 is 19.1 Å². The third-order valence-electron chi connectivity index (χ3n) is 4.36. The molecule has 21 heavy (non-hydrogen) atoms. The number of hydrogen-bond donors (Lipinski definition) is 0. The Kier molecular flexibility index (Phi) is 4.91. The molecule has 0 aromatic rings. The first-order valence-corrected chi connectivity index (χ1v) is 7.43. The number of rotatable bonds is 4. The van der Waals surface area contributed by atoms with Gasteiger partial charge in [0.1, 0.15) is 6.10 Å². The number of allylic oxidation sites excluding steroid dienone is 1. The minimum absolute atomic E-state index is 0.153. The molecule has 0 spiro atoms. The van der Waals surface area contributed by atoms with E-state index in [0.717, 1.165) is 5.57 Å². The lowest BCUT2D eigenvalue weighted by Gasteiger charge is -2.41. The predicted molar refractivity (Wildman–Crippen MR) is 81.5 cm³/mol. The van der Waals surface area contributed by atoms with Crippen molar-refractivity contribution in [2.24, 2.45) is 22.7 Å². The third-order valence-corrected chi connectivity index (χ3v) is 4.36. The van der Waals surface area contributed by atoms with E-state index >= 15 is 0 Å². The van der Waals surface area contributed by atoms with Gasteiger partial charge in [0, 0.05) is 5.92 Å². The number of ether oxygens (including phenoxy) is 2. The van der Waals surface area contributed by atoms with Crippen LogP contribution < -0.4 is 0 Å². The second kappa shape index (κ2) is 5.82. The van der Waals surface area contributed by atoms with Gasteiger partial charge in [-0.2, -0.15) is 0 Å². The molecule has 0 saturated carbocycles. The summed E-state index contributed by atoms with van der Waals surface area (Å²) in [5, 5.41) is 0. The minimum Gasteiger partial charge on any atom is -0.469 e. The summed E-state index contributed by atoms with van der Waals surface area (Å²) in [4.78, 5) is 24.2. The average molecular weight is 296 g/mol. The van der Waals surface area contributed by atoms with Gasteiger partial charge in [-0.1, -0.05) is 33.8 Å². The topological polar surface area (TPSA) is 52.6 Å². The van der Waals surface area contributed by atoms with Crippen LogP contribution in [0.2, 0.25) is 0 Å². The van der Waals surface area contributed by atoms with Crippen molar-refractivity contribution in [2.75, 3.05) is 7.11 Å². The van der Waals surface area contributed by atoms with Crippen molar-refractivity contribution in [3.05, 3.63) is 11.6 Å². The fraction of sp³-hybridized carbons (Fsp3) is 0.765. The van der Waals surface area contributed by atoms with Gasteiger partial charge in [-0.15, -0.1) is 0 Å². The molecule has 0 N–H and O–H groups in total. The number of carbonyl (C=O) groups excluding carboxylic acids is 2. The lowest BCUT2D eigenvalue weighted by atomic mass is 9.65. The number of esters is 2. The van der Waals surface area contributed by atoms with Crippen molar-refractivity contribution in [2.45, 2.75) is 54.6 Å². The van der Waals surface area contributed by atoms with Crippen molar-refractivity contribution in [1.82, 2.24) is 0 Å². The molecule has 4 heteroatoms. The van der Waals surface area contributed by atoms with Crippen LogP contribution in [0.15, 0.2) is 11.6 Å². The van der Waals surface area contributed by atoms with Gasteiger partial charge in [0.05, 0.1) is 18.4 Å². The van der Waals surface area contributed by atoms with Crippen LogP contribution in [-0.2, 0) is 19.1 Å². The molecular formula is C17H28O4. The molecule has 0 amide bonds. The third kappa shape index (κ3) is 3.30. The van der Waals surface area contributed by atoms with Gasteiger partial charge < -0.3 is 9.47 Å². The standard InChI is InChI=1S/C17H28O4/c1-10(2)14(18)21-12-11(3)9-16(4,5)13(12)17(6,7)15(19)20-8/h9-10,12-13H,1-8H3/t12-,13-/m1/s1. The fourth-order valence-electron chi connectivity index (χ4n) is 3.53. The van der Waals surface area contributed by atoms with E-state index in [9.17, 15) is 9.59 Å². The maximum atomic E-state index is 12.2. The molecule has 1 rings (SSSR count). The summed E-state index contributed by atoms with van der Waals surface area (Å²) in [6.45, 7) is 13.4. The number of carbonyl (C=O) groups is 2. The zero-order valence-electron chi connectivity index (χ0n) is 14.4. The van der Waals surface area contributed by atoms with Crippen LogP contribution in [0.1, 0.15) is 48.5 Å². The van der Waals surface area contributed by atoms with Crippen LogP contribution in [0, 0.1) is 22.7 Å². The molecule has 1 aliphatic rings. The van der Waals surface area contributed by atoms with Crippen LogP contribution in [-0.4, -0.2) is 25.2 Å². The molecule has 0 fully saturated rings. The highest BCUT2D eigenvalue weighted by Crippen LogP contribution is 2.51. The minimum atomic E-state index is -0.742. The van der Waals surface area contributed by atoms with E-state index in [1.807, 2.05) is 34.6 Å². The summed E-state index contributed by atoms with van der Waals surface area (Å²) in [6.07, 6.45) is 1.71. The van der Waals surface area contributed by atoms with Crippen LogP contribution in [0.4, 0.5) is 0 Å². The molecule has 0 unspecified atom stereocenters. The number of methoxy groups -OCH3 is 1. The highest BCUT2D eigenvalue weighted by Gasteiger charge is 2.54. The summed E-state index contributed by atoms with van der Waals surface area (Å²) in [7, 11) is 1.39. The Labute approximate surface area is 127 Å². The Hall–Kier alpha value is -1.32. The maximum Gasteiger partial charge on any atom is 0.311 e. The second-order valence-electron chi connectivity index (χ2n) is 7.41. The van der Waals surface area contributed by atoms with E-state index in [0.29, 0.717) is 0 Å². The van der Waals surface area contributed by atoms with Gasteiger partial charge in [0.2, 0.25) is 0 Å². The van der Waals surface area contributed by atoms with Crippen LogP contribution in [0.25, 0.3) is 0 Å². The van der Waals surface area contributed by atoms with E-state index in [1.165, 1.54) is 7.11 Å². The molecule has 0 radical (unpaired) electrons. The van der Waals surface area contributed by atoms with Crippen LogP contribution >= 0.6 is 0 Å². The van der Waals surface area contributed by atoms with E-state index in [1.54, 1.807) is 0 Å². The van der Waals surface area contributed by atoms with Crippen molar-refractivity contribution in [1.29, 1.82) is 0 Å². The van der Waals surface area contributed by atoms with E-state index in [-0.39, 0.29) is 35.3 Å². The van der Waals surface area contributed by atoms with Gasteiger partial charge in [-0.3, -0.25) is 9.59 Å². The fourth-order valence-corrected chi connectivity index (χ4v) is 3.53. The molecule has 0 aromatic heterocycles. The van der Waals surface area contributed by atoms with Gasteiger partial charge >= 0.3 is 11.9 Å². The van der Waals surface area contributed by atoms with E-state index < -0.39 is 5.41 Å². The second-order valence-corrected chi connectivity index (χ2v) is 7.41. The van der Waals surface area contributed by atoms with Gasteiger partial charge in [-0.25, -0.2) is 0 Å². The van der Waals surface area contributed by atoms with E-state index in [2.05, 4.69) is 19.9 Å². The maximum absolute atomic E-state index is 12.2. The smallest absolute Gasteiger partial charge is 0.311 e. The Morgan fingerprint density at radius 1 is 1.29 bits per heavy atom. The summed E-state index contributed by atoms with van der Waals surface area (Å²) in [6, 6.07) is 0. The number of hydrogen-bond acceptors (Lipinski definition) is 4. The Bertz CT molecular complexity index is 457. The summed E-state index contributed by atoms with van der Waals surface area (Å²) in [5.41, 5.74) is 0.00832. The monoisotopic (exact) mass is 296 g/mol. The molecule has 0 heterocycles. The lowest BCUT2D eigenvalue weighted by molar-refractivity contribution is -0.168. The van der Waals surface area contributed by atoms with Crippen LogP contribution in [0.5, 0.6) is 0 Å². The molecular weight excluding hydrogens is 268 g/mol. The lowest BCUT2D eigenvalue weighted by Crippen LogP contribution is -2.46. The highest BCUT2D eigenvalue weighted by atomic mass is 16.5. The van der Waals surface area contributed by atoms with Crippen molar-refractivity contribution in [3.8, 4) is 0 Å². The molecule has 2 atom stereocenters. The Morgan fingerprint density at radius 2 is 1.81 bits per heavy atom. The van der Waals surface area contributed by atoms with E-state index in [4.69, 9.17) is 9.47 Å². The first-order chi connectivity index (χ1) is 9.45. The molecule has 4 nitrogen and oxygen atoms in total. The summed E-state index contributed by atoms with van der Waals surface area (Å²) < 4.78 is 10.7. The molecule has 0 bridgehead atoms. The summed E-state index contributed by atoms with van der Waals surface area (Å²) in [5.74, 6) is -0.867. The van der Waals surface area contributed by atoms with Gasteiger partial charge in [0.25, 0.3) is 0 Å². The zero-order valence-corrected chi connectivity index (χ0v) is 14.4. The predicted octanol–water partition coefficient (Wildman–Crippen LogP) is 3.36. The zero-order chi connectivity index (χ0) is 16.6. The van der Waals surface area contributed by atoms with Gasteiger partial charge in [-0.05, 0) is 31.8 Å². The molecule has 0 saturated heterocycles. The molecule has 0 aromatic carbocycles. The van der Waals surface area contributed by atoms with Crippen molar-refractivity contribution in [3.63, 3.8) is 0 Å². The highest BCUT2D eigenvalue weighted by molar-refractivity contribution is 5.77. The normalized spacial score (nSPS) is 24.7. The SMILES string of the molecule is COC(=O)C(C)(C)[C@@H]1[C@H](OC(=O)C(C)C)C(C)=CC1(C)C. The first-order valence-electron chi connectivity index (χ1n) is 7.43. The largest absolute Gasteiger partial charge is 0.469 e. The summed E-state index contributed by atoms with van der Waals surface area (Å²) >= 11 is 0. The van der Waals surface area contributed by atoms with Crippen molar-refractivity contribution >= 4 is 11.9 Å². The molecule has 0 aliphatic heterocycles. The van der Waals surface area contributed by atoms with Gasteiger partial charge in [0.15, 0.2) is 0 Å². The first kappa shape index (κ1) is 17.7.